The average Bonchev–Trinajstić information content (AvgIpc) is 3.15. The molecule has 29 heavy (non-hydrogen) atoms. The van der Waals surface area contributed by atoms with Crippen molar-refractivity contribution in [1.82, 2.24) is 9.80 Å². The standard InChI is InChI=1S/C25H31N3O/c1-24(2)12-21(24)23(29)28-16-25(17-28)15-27(13-18-6-4-3-5-7-18)14-22(25)19-8-10-20(26)11-9-19/h3-11,21-22H,12-17,26H2,1-2H3. The summed E-state index contributed by atoms with van der Waals surface area (Å²) in [7, 11) is 0. The van der Waals surface area contributed by atoms with E-state index in [1.54, 1.807) is 0 Å². The molecule has 2 aromatic carbocycles. The van der Waals surface area contributed by atoms with E-state index in [-0.39, 0.29) is 16.7 Å². The Balaban J connectivity index is 1.35. The van der Waals surface area contributed by atoms with Crippen LogP contribution in [0, 0.1) is 16.7 Å². The number of nitrogens with zero attached hydrogens (tertiary/aromatic N) is 2. The zero-order valence-corrected chi connectivity index (χ0v) is 17.5. The van der Waals surface area contributed by atoms with Crippen LogP contribution in [0.25, 0.3) is 0 Å². The van der Waals surface area contributed by atoms with Gasteiger partial charge in [-0.2, -0.15) is 0 Å². The number of carbonyl (C=O) groups excluding carboxylic acids is 1. The second-order valence-corrected chi connectivity index (χ2v) is 10.2. The summed E-state index contributed by atoms with van der Waals surface area (Å²) < 4.78 is 0. The molecule has 1 spiro atoms. The highest BCUT2D eigenvalue weighted by atomic mass is 16.2. The highest BCUT2D eigenvalue weighted by molar-refractivity contribution is 5.83. The van der Waals surface area contributed by atoms with Crippen molar-refractivity contribution in [2.45, 2.75) is 32.7 Å². The van der Waals surface area contributed by atoms with Crippen LogP contribution in [0.1, 0.15) is 37.3 Å². The van der Waals surface area contributed by atoms with Gasteiger partial charge >= 0.3 is 0 Å². The lowest BCUT2D eigenvalue weighted by Gasteiger charge is -2.51. The minimum absolute atomic E-state index is 0.166. The van der Waals surface area contributed by atoms with E-state index < -0.39 is 0 Å². The summed E-state index contributed by atoms with van der Waals surface area (Å²) >= 11 is 0. The highest BCUT2D eigenvalue weighted by Gasteiger charge is 2.59. The van der Waals surface area contributed by atoms with Gasteiger partial charge in [0.25, 0.3) is 0 Å². The predicted octanol–water partition coefficient (Wildman–Crippen LogP) is 3.74. The van der Waals surface area contributed by atoms with Gasteiger partial charge in [-0.3, -0.25) is 9.69 Å². The van der Waals surface area contributed by atoms with Gasteiger partial charge < -0.3 is 10.6 Å². The molecule has 2 atom stereocenters. The van der Waals surface area contributed by atoms with Crippen LogP contribution < -0.4 is 5.73 Å². The van der Waals surface area contributed by atoms with Crippen molar-refractivity contribution in [3.8, 4) is 0 Å². The molecule has 5 rings (SSSR count). The molecule has 152 valence electrons. The van der Waals surface area contributed by atoms with E-state index in [4.69, 9.17) is 5.73 Å². The third kappa shape index (κ3) is 3.33. The average molecular weight is 390 g/mol. The van der Waals surface area contributed by atoms with Crippen LogP contribution >= 0.6 is 0 Å². The molecule has 3 fully saturated rings. The lowest BCUT2D eigenvalue weighted by atomic mass is 9.68. The fourth-order valence-corrected chi connectivity index (χ4v) is 5.52. The van der Waals surface area contributed by atoms with E-state index in [0.29, 0.717) is 11.8 Å². The first-order valence-corrected chi connectivity index (χ1v) is 10.8. The van der Waals surface area contributed by atoms with Crippen molar-refractivity contribution in [1.29, 1.82) is 0 Å². The summed E-state index contributed by atoms with van der Waals surface area (Å²) in [6.07, 6.45) is 1.04. The zero-order chi connectivity index (χ0) is 20.2. The fourth-order valence-electron chi connectivity index (χ4n) is 5.52. The SMILES string of the molecule is CC1(C)CC1C(=O)N1CC2(CN(Cc3ccccc3)CC2c2ccc(N)cc2)C1. The van der Waals surface area contributed by atoms with E-state index in [9.17, 15) is 4.79 Å². The number of hydrogen-bond donors (Lipinski definition) is 1. The van der Waals surface area contributed by atoms with Gasteiger partial charge in [-0.05, 0) is 35.1 Å². The van der Waals surface area contributed by atoms with Gasteiger partial charge in [0.2, 0.25) is 5.91 Å². The van der Waals surface area contributed by atoms with E-state index in [0.717, 1.165) is 44.8 Å². The van der Waals surface area contributed by atoms with Crippen LogP contribution in [0.4, 0.5) is 5.69 Å². The molecule has 0 aromatic heterocycles. The number of anilines is 1. The third-order valence-electron chi connectivity index (χ3n) is 7.44. The predicted molar refractivity (Wildman–Crippen MR) is 116 cm³/mol. The van der Waals surface area contributed by atoms with Crippen LogP contribution in [0.15, 0.2) is 54.6 Å². The van der Waals surface area contributed by atoms with Crippen molar-refractivity contribution < 1.29 is 4.79 Å². The second-order valence-electron chi connectivity index (χ2n) is 10.2. The van der Waals surface area contributed by atoms with E-state index in [1.807, 2.05) is 12.1 Å². The van der Waals surface area contributed by atoms with E-state index >= 15 is 0 Å². The molecule has 4 heteroatoms. The Bertz CT molecular complexity index is 899. The quantitative estimate of drug-likeness (QED) is 0.811. The largest absolute Gasteiger partial charge is 0.399 e. The Labute approximate surface area is 173 Å². The first-order valence-electron chi connectivity index (χ1n) is 10.8. The van der Waals surface area contributed by atoms with Gasteiger partial charge in [-0.15, -0.1) is 0 Å². The van der Waals surface area contributed by atoms with Gasteiger partial charge in [-0.25, -0.2) is 0 Å². The maximum Gasteiger partial charge on any atom is 0.226 e. The molecule has 2 heterocycles. The Hall–Kier alpha value is -2.33. The molecular formula is C25H31N3O. The number of rotatable bonds is 4. The molecule has 0 radical (unpaired) electrons. The van der Waals surface area contributed by atoms with E-state index in [2.05, 4.69) is 66.1 Å². The zero-order valence-electron chi connectivity index (χ0n) is 17.5. The van der Waals surface area contributed by atoms with Crippen LogP contribution in [0.3, 0.4) is 0 Å². The smallest absolute Gasteiger partial charge is 0.226 e. The Morgan fingerprint density at radius 2 is 1.69 bits per heavy atom. The highest BCUT2D eigenvalue weighted by Crippen LogP contribution is 2.55. The molecule has 2 aliphatic heterocycles. The maximum atomic E-state index is 12.9. The Morgan fingerprint density at radius 3 is 2.31 bits per heavy atom. The van der Waals surface area contributed by atoms with Gasteiger partial charge in [0.05, 0.1) is 0 Å². The molecule has 2 aromatic rings. The number of likely N-dealkylation sites (tertiary alicyclic amines) is 2. The number of benzene rings is 2. The first kappa shape index (κ1) is 18.7. The third-order valence-corrected chi connectivity index (χ3v) is 7.44. The van der Waals surface area contributed by atoms with Crippen molar-refractivity contribution >= 4 is 11.6 Å². The van der Waals surface area contributed by atoms with Crippen LogP contribution in [-0.2, 0) is 11.3 Å². The van der Waals surface area contributed by atoms with Gasteiger partial charge in [-0.1, -0.05) is 56.3 Å². The summed E-state index contributed by atoms with van der Waals surface area (Å²) in [4.78, 5) is 17.6. The molecule has 1 saturated carbocycles. The molecule has 2 N–H and O–H groups in total. The molecule has 0 bridgehead atoms. The van der Waals surface area contributed by atoms with Crippen LogP contribution in [0.5, 0.6) is 0 Å². The van der Waals surface area contributed by atoms with Crippen molar-refractivity contribution in [2.24, 2.45) is 16.7 Å². The van der Waals surface area contributed by atoms with Crippen LogP contribution in [0.2, 0.25) is 0 Å². The summed E-state index contributed by atoms with van der Waals surface area (Å²) in [6.45, 7) is 9.25. The lowest BCUT2D eigenvalue weighted by molar-refractivity contribution is -0.145. The van der Waals surface area contributed by atoms with Crippen molar-refractivity contribution in [3.05, 3.63) is 65.7 Å². The first-order chi connectivity index (χ1) is 13.9. The molecule has 1 amide bonds. The molecule has 2 saturated heterocycles. The topological polar surface area (TPSA) is 49.6 Å². The molecular weight excluding hydrogens is 358 g/mol. The fraction of sp³-hybridized carbons (Fsp3) is 0.480. The molecule has 2 unspecified atom stereocenters. The maximum absolute atomic E-state index is 12.9. The summed E-state index contributed by atoms with van der Waals surface area (Å²) in [5.74, 6) is 1.05. The molecule has 4 nitrogen and oxygen atoms in total. The monoisotopic (exact) mass is 389 g/mol. The number of nitrogen functional groups attached to an aromatic ring is 1. The van der Waals surface area contributed by atoms with Gasteiger partial charge in [0.15, 0.2) is 0 Å². The minimum Gasteiger partial charge on any atom is -0.399 e. The number of amides is 1. The Morgan fingerprint density at radius 1 is 1.03 bits per heavy atom. The summed E-state index contributed by atoms with van der Waals surface area (Å²) in [6, 6.07) is 19.1. The lowest BCUT2D eigenvalue weighted by Crippen LogP contribution is -2.62. The second kappa shape index (κ2) is 6.60. The Kier molecular flexibility index (Phi) is 4.25. The van der Waals surface area contributed by atoms with Crippen LogP contribution in [-0.4, -0.2) is 41.9 Å². The van der Waals surface area contributed by atoms with Gasteiger partial charge in [0, 0.05) is 55.7 Å². The number of carbonyl (C=O) groups is 1. The van der Waals surface area contributed by atoms with Crippen molar-refractivity contribution in [2.75, 3.05) is 31.9 Å². The van der Waals surface area contributed by atoms with E-state index in [1.165, 1.54) is 11.1 Å². The normalized spacial score (nSPS) is 27.0. The number of hydrogen-bond acceptors (Lipinski definition) is 3. The number of nitrogens with two attached hydrogens (primary N) is 1. The minimum atomic E-state index is 0.166. The summed E-state index contributed by atoms with van der Waals surface area (Å²) in [5.41, 5.74) is 9.82. The molecule has 3 aliphatic rings. The van der Waals surface area contributed by atoms with Crippen molar-refractivity contribution in [3.63, 3.8) is 0 Å². The summed E-state index contributed by atoms with van der Waals surface area (Å²) in [5, 5.41) is 0. The van der Waals surface area contributed by atoms with Gasteiger partial charge in [0.1, 0.15) is 0 Å². The molecule has 1 aliphatic carbocycles.